The van der Waals surface area contributed by atoms with Crippen molar-refractivity contribution in [2.24, 2.45) is 5.73 Å². The van der Waals surface area contributed by atoms with E-state index in [0.717, 1.165) is 43.5 Å². The van der Waals surface area contributed by atoms with Gasteiger partial charge in [0.05, 0.1) is 0 Å². The third-order valence-corrected chi connectivity index (χ3v) is 4.07. The van der Waals surface area contributed by atoms with E-state index in [2.05, 4.69) is 13.0 Å². The summed E-state index contributed by atoms with van der Waals surface area (Å²) in [4.78, 5) is 14.4. The molecule has 1 unspecified atom stereocenters. The predicted octanol–water partition coefficient (Wildman–Crippen LogP) is 3.78. The molecule has 1 amide bonds. The zero-order chi connectivity index (χ0) is 14.4. The Morgan fingerprint density at radius 3 is 2.90 bits per heavy atom. The highest BCUT2D eigenvalue weighted by atomic mass is 16.2. The number of amides is 1. The Labute approximate surface area is 122 Å². The molecule has 0 bridgehead atoms. The number of rotatable bonds is 5. The maximum atomic E-state index is 12.5. The molecule has 1 atom stereocenters. The number of para-hydroxylation sites is 1. The van der Waals surface area contributed by atoms with Crippen LogP contribution in [0.1, 0.15) is 63.5 Å². The van der Waals surface area contributed by atoms with Crippen molar-refractivity contribution in [1.29, 1.82) is 0 Å². The fraction of sp³-hybridized carbons (Fsp3) is 0.588. The van der Waals surface area contributed by atoms with E-state index in [1.54, 1.807) is 0 Å². The molecule has 1 aromatic rings. The lowest BCUT2D eigenvalue weighted by Gasteiger charge is -2.23. The average molecular weight is 274 g/mol. The number of hydrogen-bond donors (Lipinski definition) is 1. The van der Waals surface area contributed by atoms with Crippen molar-refractivity contribution in [2.45, 2.75) is 57.9 Å². The number of carbonyl (C=O) groups excluding carboxylic acids is 1. The molecule has 1 aliphatic rings. The maximum absolute atomic E-state index is 12.5. The summed E-state index contributed by atoms with van der Waals surface area (Å²) in [5.41, 5.74) is 8.35. The van der Waals surface area contributed by atoms with E-state index in [-0.39, 0.29) is 11.9 Å². The molecule has 1 heterocycles. The summed E-state index contributed by atoms with van der Waals surface area (Å²) < 4.78 is 0. The zero-order valence-corrected chi connectivity index (χ0v) is 12.5. The Bertz CT molecular complexity index is 444. The third kappa shape index (κ3) is 3.60. The minimum Gasteiger partial charge on any atom is -0.324 e. The van der Waals surface area contributed by atoms with Crippen molar-refractivity contribution in [2.75, 3.05) is 11.4 Å². The molecule has 0 aromatic heterocycles. The van der Waals surface area contributed by atoms with Crippen LogP contribution in [0.15, 0.2) is 24.3 Å². The second kappa shape index (κ2) is 7.44. The molecule has 0 spiro atoms. The Morgan fingerprint density at radius 1 is 1.30 bits per heavy atom. The molecule has 1 aromatic carbocycles. The average Bonchev–Trinajstić information content (AvgIpc) is 2.63. The predicted molar refractivity (Wildman–Crippen MR) is 83.7 cm³/mol. The first-order chi connectivity index (χ1) is 9.74. The van der Waals surface area contributed by atoms with E-state index in [4.69, 9.17) is 5.73 Å². The Balaban J connectivity index is 2.07. The van der Waals surface area contributed by atoms with Crippen LogP contribution >= 0.6 is 0 Å². The van der Waals surface area contributed by atoms with Gasteiger partial charge in [-0.15, -0.1) is 0 Å². The van der Waals surface area contributed by atoms with Crippen LogP contribution in [0.5, 0.6) is 0 Å². The second-order valence-corrected chi connectivity index (χ2v) is 5.66. The quantitative estimate of drug-likeness (QED) is 0.830. The van der Waals surface area contributed by atoms with Crippen LogP contribution in [0.4, 0.5) is 5.69 Å². The first kappa shape index (κ1) is 15.0. The number of hydrogen-bond acceptors (Lipinski definition) is 2. The summed E-state index contributed by atoms with van der Waals surface area (Å²) in [7, 11) is 0. The van der Waals surface area contributed by atoms with Crippen molar-refractivity contribution in [1.82, 2.24) is 0 Å². The summed E-state index contributed by atoms with van der Waals surface area (Å²) in [5, 5.41) is 0. The van der Waals surface area contributed by atoms with Crippen molar-refractivity contribution in [3.8, 4) is 0 Å². The smallest absolute Gasteiger partial charge is 0.226 e. The standard InChI is InChI=1S/C17H26N2O/c1-2-3-4-5-12-17(20)19-13-8-10-15(18)14-9-6-7-11-16(14)19/h6-7,9,11,15H,2-5,8,10,12-13,18H2,1H3. The van der Waals surface area contributed by atoms with Crippen molar-refractivity contribution in [3.63, 3.8) is 0 Å². The van der Waals surface area contributed by atoms with Crippen LogP contribution in [0.2, 0.25) is 0 Å². The molecule has 0 aliphatic carbocycles. The van der Waals surface area contributed by atoms with E-state index < -0.39 is 0 Å². The van der Waals surface area contributed by atoms with Crippen LogP contribution in [0.3, 0.4) is 0 Å². The topological polar surface area (TPSA) is 46.3 Å². The van der Waals surface area contributed by atoms with Gasteiger partial charge in [0.1, 0.15) is 0 Å². The summed E-state index contributed by atoms with van der Waals surface area (Å²) in [5.74, 6) is 0.252. The van der Waals surface area contributed by atoms with E-state index in [0.29, 0.717) is 6.42 Å². The molecule has 0 saturated carbocycles. The van der Waals surface area contributed by atoms with Crippen LogP contribution in [0, 0.1) is 0 Å². The number of fused-ring (bicyclic) bond motifs is 1. The van der Waals surface area contributed by atoms with Crippen molar-refractivity contribution < 1.29 is 4.79 Å². The van der Waals surface area contributed by atoms with Gasteiger partial charge in [0, 0.05) is 24.7 Å². The number of nitrogens with zero attached hydrogens (tertiary/aromatic N) is 1. The van der Waals surface area contributed by atoms with E-state index >= 15 is 0 Å². The fourth-order valence-corrected chi connectivity index (χ4v) is 2.89. The molecule has 3 heteroatoms. The van der Waals surface area contributed by atoms with E-state index in [9.17, 15) is 4.79 Å². The Kier molecular flexibility index (Phi) is 5.60. The highest BCUT2D eigenvalue weighted by molar-refractivity contribution is 5.94. The largest absolute Gasteiger partial charge is 0.324 e. The van der Waals surface area contributed by atoms with E-state index in [1.165, 1.54) is 12.8 Å². The van der Waals surface area contributed by atoms with Gasteiger partial charge in [0.2, 0.25) is 5.91 Å². The fourth-order valence-electron chi connectivity index (χ4n) is 2.89. The van der Waals surface area contributed by atoms with Gasteiger partial charge in [0.25, 0.3) is 0 Å². The van der Waals surface area contributed by atoms with Gasteiger partial charge in [-0.05, 0) is 30.9 Å². The van der Waals surface area contributed by atoms with Gasteiger partial charge < -0.3 is 10.6 Å². The third-order valence-electron chi connectivity index (χ3n) is 4.07. The Hall–Kier alpha value is -1.35. The van der Waals surface area contributed by atoms with Crippen molar-refractivity contribution in [3.05, 3.63) is 29.8 Å². The van der Waals surface area contributed by atoms with Crippen LogP contribution in [-0.2, 0) is 4.79 Å². The monoisotopic (exact) mass is 274 g/mol. The van der Waals surface area contributed by atoms with Crippen molar-refractivity contribution >= 4 is 11.6 Å². The molecule has 0 fully saturated rings. The number of anilines is 1. The van der Waals surface area contributed by atoms with Crippen LogP contribution in [0.25, 0.3) is 0 Å². The van der Waals surface area contributed by atoms with Crippen LogP contribution in [-0.4, -0.2) is 12.5 Å². The highest BCUT2D eigenvalue weighted by Crippen LogP contribution is 2.31. The molecular formula is C17H26N2O. The summed E-state index contributed by atoms with van der Waals surface area (Å²) in [6.07, 6.45) is 7.16. The van der Waals surface area contributed by atoms with Gasteiger partial charge in [-0.3, -0.25) is 4.79 Å². The SMILES string of the molecule is CCCCCCC(=O)N1CCCC(N)c2ccccc21. The highest BCUT2D eigenvalue weighted by Gasteiger charge is 2.23. The summed E-state index contributed by atoms with van der Waals surface area (Å²) in [6.45, 7) is 2.99. The summed E-state index contributed by atoms with van der Waals surface area (Å²) in [6, 6.07) is 8.15. The zero-order valence-electron chi connectivity index (χ0n) is 12.5. The minimum atomic E-state index is 0.0593. The van der Waals surface area contributed by atoms with Gasteiger partial charge in [-0.25, -0.2) is 0 Å². The van der Waals surface area contributed by atoms with Gasteiger partial charge in [-0.2, -0.15) is 0 Å². The number of carbonyl (C=O) groups is 1. The lowest BCUT2D eigenvalue weighted by Crippen LogP contribution is -2.31. The molecular weight excluding hydrogens is 248 g/mol. The first-order valence-electron chi connectivity index (χ1n) is 7.89. The molecule has 3 nitrogen and oxygen atoms in total. The van der Waals surface area contributed by atoms with Crippen LogP contribution < -0.4 is 10.6 Å². The molecule has 110 valence electrons. The normalized spacial score (nSPS) is 18.5. The van der Waals surface area contributed by atoms with E-state index in [1.807, 2.05) is 23.1 Å². The second-order valence-electron chi connectivity index (χ2n) is 5.66. The van der Waals surface area contributed by atoms with Gasteiger partial charge in [0.15, 0.2) is 0 Å². The molecule has 0 saturated heterocycles. The lowest BCUT2D eigenvalue weighted by atomic mass is 10.0. The Morgan fingerprint density at radius 2 is 2.10 bits per heavy atom. The molecule has 2 rings (SSSR count). The molecule has 1 aliphatic heterocycles. The molecule has 20 heavy (non-hydrogen) atoms. The number of benzene rings is 1. The number of nitrogens with two attached hydrogens (primary N) is 1. The van der Waals surface area contributed by atoms with Gasteiger partial charge in [-0.1, -0.05) is 44.4 Å². The van der Waals surface area contributed by atoms with Gasteiger partial charge >= 0.3 is 0 Å². The maximum Gasteiger partial charge on any atom is 0.226 e. The minimum absolute atomic E-state index is 0.0593. The molecule has 0 radical (unpaired) electrons. The number of unbranched alkanes of at least 4 members (excludes halogenated alkanes) is 3. The molecule has 2 N–H and O–H groups in total. The summed E-state index contributed by atoms with van der Waals surface area (Å²) >= 11 is 0. The lowest BCUT2D eigenvalue weighted by molar-refractivity contribution is -0.118. The first-order valence-corrected chi connectivity index (χ1v) is 7.89.